The smallest absolute Gasteiger partial charge is 0.188 e. The number of rotatable bonds is 6. The van der Waals surface area contributed by atoms with Gasteiger partial charge in [0.15, 0.2) is 5.96 Å². The van der Waals surface area contributed by atoms with Gasteiger partial charge in [0, 0.05) is 6.54 Å². The topological polar surface area (TPSA) is 53.6 Å². The Kier molecular flexibility index (Phi) is 9.19. The lowest BCUT2D eigenvalue weighted by atomic mass is 10.1. The molecule has 0 saturated carbocycles. The Morgan fingerprint density at radius 2 is 1.95 bits per heavy atom. The summed E-state index contributed by atoms with van der Waals surface area (Å²) in [4.78, 5) is 6.35. The second kappa shape index (κ2) is 9.73. The molecule has 0 aliphatic carbocycles. The van der Waals surface area contributed by atoms with Gasteiger partial charge >= 0.3 is 0 Å². The van der Waals surface area contributed by atoms with Crippen molar-refractivity contribution < 1.29 is 4.39 Å². The van der Waals surface area contributed by atoms with Gasteiger partial charge in [0.25, 0.3) is 0 Å². The third-order valence-electron chi connectivity index (χ3n) is 2.88. The highest BCUT2D eigenvalue weighted by Gasteiger charge is 2.13. The number of likely N-dealkylation sites (N-methyl/N-ethyl adjacent to an activating group) is 1. The molecule has 1 unspecified atom stereocenters. The monoisotopic (exact) mass is 406 g/mol. The number of benzene rings is 1. The first-order chi connectivity index (χ1) is 9.40. The summed E-state index contributed by atoms with van der Waals surface area (Å²) in [6.07, 6.45) is 0. The number of aliphatic imine (C=N–C) groups is 1. The molecule has 1 rings (SSSR count). The fraction of sp³-hybridized carbons (Fsp3) is 0.400. The first-order valence-electron chi connectivity index (χ1n) is 6.50. The summed E-state index contributed by atoms with van der Waals surface area (Å²) in [5, 5.41) is 2.99. The van der Waals surface area contributed by atoms with Crippen LogP contribution < -0.4 is 11.1 Å². The van der Waals surface area contributed by atoms with E-state index in [0.29, 0.717) is 19.0 Å². The van der Waals surface area contributed by atoms with E-state index in [0.717, 1.165) is 11.1 Å². The van der Waals surface area contributed by atoms with Crippen LogP contribution in [-0.2, 0) is 0 Å². The number of guanidine groups is 1. The van der Waals surface area contributed by atoms with Crippen LogP contribution in [0.4, 0.5) is 4.39 Å². The Balaban J connectivity index is 0.00000400. The highest BCUT2D eigenvalue weighted by molar-refractivity contribution is 14.0. The summed E-state index contributed by atoms with van der Waals surface area (Å²) >= 11 is 0. The van der Waals surface area contributed by atoms with Crippen LogP contribution in [0, 0.1) is 5.82 Å². The van der Waals surface area contributed by atoms with Crippen molar-refractivity contribution in [3.8, 4) is 0 Å². The highest BCUT2D eigenvalue weighted by atomic mass is 127. The largest absolute Gasteiger partial charge is 0.370 e. The van der Waals surface area contributed by atoms with E-state index in [4.69, 9.17) is 5.73 Å². The molecule has 0 aliphatic rings. The quantitative estimate of drug-likeness (QED) is 0.331. The lowest BCUT2D eigenvalue weighted by molar-refractivity contribution is 0.306. The van der Waals surface area contributed by atoms with Gasteiger partial charge in [-0.1, -0.05) is 24.3 Å². The van der Waals surface area contributed by atoms with Crippen molar-refractivity contribution in [3.05, 3.63) is 47.8 Å². The third kappa shape index (κ3) is 7.42. The zero-order valence-electron chi connectivity index (χ0n) is 12.8. The predicted octanol–water partition coefficient (Wildman–Crippen LogP) is 2.53. The fourth-order valence-corrected chi connectivity index (χ4v) is 1.73. The molecule has 0 saturated heterocycles. The van der Waals surface area contributed by atoms with Gasteiger partial charge in [-0.15, -0.1) is 24.0 Å². The molecule has 0 radical (unpaired) electrons. The minimum Gasteiger partial charge on any atom is -0.370 e. The van der Waals surface area contributed by atoms with Gasteiger partial charge in [-0.25, -0.2) is 4.39 Å². The van der Waals surface area contributed by atoms with Crippen LogP contribution in [0.25, 0.3) is 0 Å². The van der Waals surface area contributed by atoms with E-state index < -0.39 is 0 Å². The summed E-state index contributed by atoms with van der Waals surface area (Å²) < 4.78 is 13.0. The number of hydrogen-bond donors (Lipinski definition) is 2. The number of nitrogens with two attached hydrogens (primary N) is 1. The summed E-state index contributed by atoms with van der Waals surface area (Å²) in [6.45, 7) is 6.82. The van der Waals surface area contributed by atoms with Gasteiger partial charge in [-0.05, 0) is 38.7 Å². The maximum Gasteiger partial charge on any atom is 0.188 e. The average molecular weight is 406 g/mol. The molecule has 0 amide bonds. The van der Waals surface area contributed by atoms with Crippen LogP contribution >= 0.6 is 24.0 Å². The first kappa shape index (κ1) is 19.9. The average Bonchev–Trinajstić information content (AvgIpc) is 2.38. The number of nitrogens with one attached hydrogen (secondary N) is 1. The van der Waals surface area contributed by atoms with Crippen LogP contribution in [0.15, 0.2) is 41.4 Å². The maximum absolute atomic E-state index is 13.0. The van der Waals surface area contributed by atoms with Crippen LogP contribution in [0.3, 0.4) is 0 Å². The number of nitrogens with zero attached hydrogens (tertiary/aromatic N) is 2. The van der Waals surface area contributed by atoms with Crippen molar-refractivity contribution in [2.45, 2.75) is 13.0 Å². The molecule has 3 N–H and O–H groups in total. The van der Waals surface area contributed by atoms with Crippen LogP contribution in [-0.4, -0.2) is 38.0 Å². The lowest BCUT2D eigenvalue weighted by Gasteiger charge is -2.23. The second-order valence-corrected chi connectivity index (χ2v) is 5.07. The van der Waals surface area contributed by atoms with Crippen LogP contribution in [0.1, 0.15) is 18.5 Å². The SMILES string of the molecule is C=C(C)CNC(N)=NCC(c1ccc(F)cc1)N(C)C.I. The first-order valence-corrected chi connectivity index (χ1v) is 6.50. The van der Waals surface area contributed by atoms with E-state index >= 15 is 0 Å². The lowest BCUT2D eigenvalue weighted by Crippen LogP contribution is -2.34. The minimum atomic E-state index is -0.239. The van der Waals surface area contributed by atoms with Crippen molar-refractivity contribution in [1.82, 2.24) is 10.2 Å². The van der Waals surface area contributed by atoms with Crippen molar-refractivity contribution in [2.24, 2.45) is 10.7 Å². The Labute approximate surface area is 143 Å². The van der Waals surface area contributed by atoms with E-state index in [-0.39, 0.29) is 35.8 Å². The van der Waals surface area contributed by atoms with Gasteiger partial charge in [0.2, 0.25) is 0 Å². The molecular weight excluding hydrogens is 382 g/mol. The molecule has 1 aromatic rings. The van der Waals surface area contributed by atoms with Gasteiger partial charge < -0.3 is 16.0 Å². The van der Waals surface area contributed by atoms with Crippen molar-refractivity contribution in [2.75, 3.05) is 27.2 Å². The van der Waals surface area contributed by atoms with Crippen LogP contribution in [0.2, 0.25) is 0 Å². The van der Waals surface area contributed by atoms with Crippen LogP contribution in [0.5, 0.6) is 0 Å². The number of halogens is 2. The standard InChI is InChI=1S/C15H23FN4.HI/c1-11(2)9-18-15(17)19-10-14(20(3)4)12-5-7-13(16)8-6-12;/h5-8,14H,1,9-10H2,2-4H3,(H3,17,18,19);1H. The summed E-state index contributed by atoms with van der Waals surface area (Å²) in [5.74, 6) is 0.152. The number of hydrogen-bond acceptors (Lipinski definition) is 2. The predicted molar refractivity (Wildman–Crippen MR) is 97.5 cm³/mol. The fourth-order valence-electron chi connectivity index (χ4n) is 1.73. The molecule has 118 valence electrons. The minimum absolute atomic E-state index is 0. The molecule has 6 heteroatoms. The van der Waals surface area contributed by atoms with Gasteiger partial charge in [-0.3, -0.25) is 4.99 Å². The molecule has 1 atom stereocenters. The zero-order chi connectivity index (χ0) is 15.1. The van der Waals surface area contributed by atoms with Gasteiger partial charge in [0.1, 0.15) is 5.82 Å². The Morgan fingerprint density at radius 3 is 2.43 bits per heavy atom. The molecule has 0 fully saturated rings. The third-order valence-corrected chi connectivity index (χ3v) is 2.88. The van der Waals surface area contributed by atoms with Gasteiger partial charge in [0.05, 0.1) is 12.6 Å². The second-order valence-electron chi connectivity index (χ2n) is 5.07. The van der Waals surface area contributed by atoms with E-state index in [9.17, 15) is 4.39 Å². The van der Waals surface area contributed by atoms with E-state index in [2.05, 4.69) is 16.9 Å². The molecule has 0 aromatic heterocycles. The normalized spacial score (nSPS) is 12.7. The van der Waals surface area contributed by atoms with Crippen molar-refractivity contribution in [1.29, 1.82) is 0 Å². The Morgan fingerprint density at radius 1 is 1.38 bits per heavy atom. The summed E-state index contributed by atoms with van der Waals surface area (Å²) in [5.41, 5.74) is 7.79. The van der Waals surface area contributed by atoms with Gasteiger partial charge in [-0.2, -0.15) is 0 Å². The molecule has 4 nitrogen and oxygen atoms in total. The molecule has 21 heavy (non-hydrogen) atoms. The molecular formula is C15H24FIN4. The molecule has 0 spiro atoms. The van der Waals surface area contributed by atoms with Crippen molar-refractivity contribution >= 4 is 29.9 Å². The summed E-state index contributed by atoms with van der Waals surface area (Å²) in [7, 11) is 3.92. The molecule has 0 bridgehead atoms. The maximum atomic E-state index is 13.0. The summed E-state index contributed by atoms with van der Waals surface area (Å²) in [6, 6.07) is 6.51. The molecule has 0 heterocycles. The Hall–Kier alpha value is -1.15. The van der Waals surface area contributed by atoms with Crippen molar-refractivity contribution in [3.63, 3.8) is 0 Å². The Bertz CT molecular complexity index is 471. The molecule has 1 aromatic carbocycles. The molecule has 0 aliphatic heterocycles. The highest BCUT2D eigenvalue weighted by Crippen LogP contribution is 2.18. The van der Waals surface area contributed by atoms with E-state index in [1.54, 1.807) is 12.1 Å². The van der Waals surface area contributed by atoms with E-state index in [1.165, 1.54) is 12.1 Å². The zero-order valence-corrected chi connectivity index (χ0v) is 15.1. The van der Waals surface area contributed by atoms with E-state index in [1.807, 2.05) is 25.9 Å².